The number of methoxy groups -OCH3 is 1. The van der Waals surface area contributed by atoms with Gasteiger partial charge in [0.25, 0.3) is 0 Å². The highest BCUT2D eigenvalue weighted by Gasteiger charge is 2.46. The van der Waals surface area contributed by atoms with Crippen molar-refractivity contribution in [1.29, 1.82) is 0 Å². The van der Waals surface area contributed by atoms with E-state index < -0.39 is 5.60 Å². The number of ether oxygens (including phenoxy) is 2. The highest BCUT2D eigenvalue weighted by Crippen LogP contribution is 2.44. The average Bonchev–Trinajstić information content (AvgIpc) is 2.93. The van der Waals surface area contributed by atoms with E-state index in [-0.39, 0.29) is 23.6 Å². The van der Waals surface area contributed by atoms with E-state index in [1.54, 1.807) is 30.3 Å². The molecule has 1 saturated heterocycles. The van der Waals surface area contributed by atoms with E-state index in [2.05, 4.69) is 0 Å². The molecule has 2 aliphatic rings. The van der Waals surface area contributed by atoms with Crippen molar-refractivity contribution in [3.63, 3.8) is 0 Å². The molecule has 0 spiro atoms. The summed E-state index contributed by atoms with van der Waals surface area (Å²) in [6, 6.07) is 7.09. The van der Waals surface area contributed by atoms with Gasteiger partial charge in [0.15, 0.2) is 5.78 Å². The van der Waals surface area contributed by atoms with Crippen LogP contribution in [0.4, 0.5) is 0 Å². The maximum absolute atomic E-state index is 12.2. The molecule has 1 aliphatic heterocycles. The molecule has 1 heterocycles. The molecule has 0 bridgehead atoms. The van der Waals surface area contributed by atoms with Gasteiger partial charge in [-0.2, -0.15) is 0 Å². The van der Waals surface area contributed by atoms with Gasteiger partial charge in [0.1, 0.15) is 0 Å². The van der Waals surface area contributed by atoms with Crippen LogP contribution in [0.1, 0.15) is 25.3 Å². The van der Waals surface area contributed by atoms with Gasteiger partial charge < -0.3 is 9.47 Å². The van der Waals surface area contributed by atoms with Crippen LogP contribution in [-0.4, -0.2) is 31.1 Å². The third-order valence-electron chi connectivity index (χ3n) is 5.12. The first-order valence-corrected chi connectivity index (χ1v) is 8.71. The second-order valence-electron chi connectivity index (χ2n) is 6.72. The maximum Gasteiger partial charge on any atom is 0.338 e. The van der Waals surface area contributed by atoms with Crippen molar-refractivity contribution in [3.8, 4) is 0 Å². The number of hydrogen-bond acceptors (Lipinski definition) is 4. The zero-order valence-electron chi connectivity index (χ0n) is 14.3. The predicted octanol–water partition coefficient (Wildman–Crippen LogP) is 3.84. The predicted molar refractivity (Wildman–Crippen MR) is 96.2 cm³/mol. The summed E-state index contributed by atoms with van der Waals surface area (Å²) in [7, 11) is 1.37. The summed E-state index contributed by atoms with van der Waals surface area (Å²) in [5, 5.41) is 0.612. The number of ketones is 1. The minimum absolute atomic E-state index is 0.130. The van der Waals surface area contributed by atoms with Crippen molar-refractivity contribution in [2.45, 2.75) is 25.4 Å². The van der Waals surface area contributed by atoms with Crippen LogP contribution in [-0.2, 0) is 19.1 Å². The lowest BCUT2D eigenvalue weighted by Crippen LogP contribution is -2.36. The van der Waals surface area contributed by atoms with Gasteiger partial charge >= 0.3 is 5.97 Å². The standard InChI is InChI=1S/C20H21ClO4/c1-20-10-9-16(22)11-18(20)14(12-25-20)5-8-17(19(23)24-2)13-3-6-15(21)7-4-13/h3-4,6-10,14,18H,5,11-12H2,1-2H3/b17-8-. The third-order valence-corrected chi connectivity index (χ3v) is 5.37. The summed E-state index contributed by atoms with van der Waals surface area (Å²) in [6.07, 6.45) is 6.50. The van der Waals surface area contributed by atoms with E-state index in [0.29, 0.717) is 30.0 Å². The Kier molecular flexibility index (Phi) is 5.11. The first-order valence-electron chi connectivity index (χ1n) is 8.33. The number of halogens is 1. The summed E-state index contributed by atoms with van der Waals surface area (Å²) >= 11 is 5.93. The van der Waals surface area contributed by atoms with E-state index in [4.69, 9.17) is 21.1 Å². The third kappa shape index (κ3) is 3.70. The number of allylic oxidation sites excluding steroid dienone is 2. The van der Waals surface area contributed by atoms with Gasteiger partial charge in [-0.3, -0.25) is 4.79 Å². The summed E-state index contributed by atoms with van der Waals surface area (Å²) in [5.41, 5.74) is 0.876. The van der Waals surface area contributed by atoms with Gasteiger partial charge in [0.05, 0.1) is 24.9 Å². The molecule has 132 valence electrons. The Labute approximate surface area is 152 Å². The highest BCUT2D eigenvalue weighted by atomic mass is 35.5. The second-order valence-corrected chi connectivity index (χ2v) is 7.15. The van der Waals surface area contributed by atoms with Crippen LogP contribution in [0.25, 0.3) is 5.57 Å². The van der Waals surface area contributed by atoms with Crippen molar-refractivity contribution in [2.75, 3.05) is 13.7 Å². The molecule has 0 N–H and O–H groups in total. The number of hydrogen-bond donors (Lipinski definition) is 0. The van der Waals surface area contributed by atoms with Crippen molar-refractivity contribution >= 4 is 28.9 Å². The number of carbonyl (C=O) groups is 2. The first kappa shape index (κ1) is 17.9. The summed E-state index contributed by atoms with van der Waals surface area (Å²) in [5.74, 6) is 0.0627. The van der Waals surface area contributed by atoms with Gasteiger partial charge in [0.2, 0.25) is 0 Å². The van der Waals surface area contributed by atoms with E-state index in [9.17, 15) is 9.59 Å². The molecule has 3 rings (SSSR count). The first-order chi connectivity index (χ1) is 11.9. The fourth-order valence-corrected chi connectivity index (χ4v) is 3.75. The minimum Gasteiger partial charge on any atom is -0.465 e. The fraction of sp³-hybridized carbons (Fsp3) is 0.400. The van der Waals surface area contributed by atoms with E-state index >= 15 is 0 Å². The molecule has 1 aromatic carbocycles. The summed E-state index contributed by atoms with van der Waals surface area (Å²) in [6.45, 7) is 2.59. The molecule has 3 unspecified atom stereocenters. The van der Waals surface area contributed by atoms with Gasteiger partial charge in [-0.1, -0.05) is 29.8 Å². The lowest BCUT2D eigenvalue weighted by Gasteiger charge is -2.31. The fourth-order valence-electron chi connectivity index (χ4n) is 3.62. The number of carbonyl (C=O) groups excluding carboxylic acids is 2. The Morgan fingerprint density at radius 3 is 2.80 bits per heavy atom. The molecule has 0 saturated carbocycles. The maximum atomic E-state index is 12.2. The molecular formula is C20H21ClO4. The molecule has 1 aromatic rings. The van der Waals surface area contributed by atoms with Gasteiger partial charge in [-0.05, 0) is 49.1 Å². The lowest BCUT2D eigenvalue weighted by molar-refractivity contribution is -0.133. The molecule has 25 heavy (non-hydrogen) atoms. The average molecular weight is 361 g/mol. The minimum atomic E-state index is -0.391. The highest BCUT2D eigenvalue weighted by molar-refractivity contribution is 6.30. The second kappa shape index (κ2) is 7.14. The van der Waals surface area contributed by atoms with E-state index in [1.165, 1.54) is 7.11 Å². The summed E-state index contributed by atoms with van der Waals surface area (Å²) in [4.78, 5) is 24.0. The molecule has 0 radical (unpaired) electrons. The molecule has 0 aromatic heterocycles. The molecule has 3 atom stereocenters. The van der Waals surface area contributed by atoms with Crippen LogP contribution in [0.2, 0.25) is 5.02 Å². The molecule has 1 aliphatic carbocycles. The van der Waals surface area contributed by atoms with Crippen molar-refractivity contribution in [2.24, 2.45) is 11.8 Å². The van der Waals surface area contributed by atoms with Crippen molar-refractivity contribution in [3.05, 3.63) is 53.1 Å². The Morgan fingerprint density at radius 2 is 2.12 bits per heavy atom. The molecular weight excluding hydrogens is 340 g/mol. The Morgan fingerprint density at radius 1 is 1.40 bits per heavy atom. The number of esters is 1. The van der Waals surface area contributed by atoms with E-state index in [1.807, 2.05) is 19.1 Å². The quantitative estimate of drug-likeness (QED) is 0.604. The smallest absolute Gasteiger partial charge is 0.338 e. The Bertz CT molecular complexity index is 735. The molecule has 5 heteroatoms. The van der Waals surface area contributed by atoms with Gasteiger partial charge in [-0.15, -0.1) is 0 Å². The zero-order valence-corrected chi connectivity index (χ0v) is 15.1. The topological polar surface area (TPSA) is 52.6 Å². The normalized spacial score (nSPS) is 28.8. The van der Waals surface area contributed by atoms with Crippen molar-refractivity contribution in [1.82, 2.24) is 0 Å². The summed E-state index contributed by atoms with van der Waals surface area (Å²) < 4.78 is 10.9. The SMILES string of the molecule is COC(=O)/C(=C\CC1COC2(C)C=CC(=O)CC12)c1ccc(Cl)cc1. The monoisotopic (exact) mass is 360 g/mol. The van der Waals surface area contributed by atoms with Crippen LogP contribution in [0.5, 0.6) is 0 Å². The number of benzene rings is 1. The van der Waals surface area contributed by atoms with Crippen molar-refractivity contribution < 1.29 is 19.1 Å². The van der Waals surface area contributed by atoms with Crippen LogP contribution < -0.4 is 0 Å². The van der Waals surface area contributed by atoms with Crippen LogP contribution in [0, 0.1) is 11.8 Å². The van der Waals surface area contributed by atoms with Crippen LogP contribution >= 0.6 is 11.6 Å². The van der Waals surface area contributed by atoms with Crippen LogP contribution in [0.15, 0.2) is 42.5 Å². The lowest BCUT2D eigenvalue weighted by atomic mass is 9.74. The molecule has 4 nitrogen and oxygen atoms in total. The van der Waals surface area contributed by atoms with E-state index in [0.717, 1.165) is 5.56 Å². The van der Waals surface area contributed by atoms with Crippen LogP contribution in [0.3, 0.4) is 0 Å². The Balaban J connectivity index is 1.82. The zero-order chi connectivity index (χ0) is 18.0. The van der Waals surface area contributed by atoms with Gasteiger partial charge in [-0.25, -0.2) is 4.79 Å². The Hall–Kier alpha value is -1.91. The number of fused-ring (bicyclic) bond motifs is 1. The molecule has 0 amide bonds. The van der Waals surface area contributed by atoms with Gasteiger partial charge in [0, 0.05) is 17.4 Å². The largest absolute Gasteiger partial charge is 0.465 e. The number of rotatable bonds is 4. The molecule has 1 fully saturated rings.